The van der Waals surface area contributed by atoms with E-state index in [2.05, 4.69) is 29.0 Å². The van der Waals surface area contributed by atoms with E-state index in [1.165, 1.54) is 0 Å². The Bertz CT molecular complexity index is 824. The molecule has 140 valence electrons. The predicted molar refractivity (Wildman–Crippen MR) is 106 cm³/mol. The molecule has 1 aromatic heterocycles. The lowest BCUT2D eigenvalue weighted by atomic mass is 10.1. The smallest absolute Gasteiger partial charge is 0.253 e. The van der Waals surface area contributed by atoms with Crippen LogP contribution in [0, 0.1) is 34.6 Å². The Kier molecular flexibility index (Phi) is 5.90. The molecule has 2 amide bonds. The van der Waals surface area contributed by atoms with E-state index in [4.69, 9.17) is 0 Å². The minimum absolute atomic E-state index is 0.0586. The molecule has 0 aliphatic carbocycles. The van der Waals surface area contributed by atoms with Gasteiger partial charge >= 0.3 is 0 Å². The number of carbonyl (C=O) groups is 2. The number of aryl methyl sites for hydroxylation is 4. The monoisotopic (exact) mass is 355 g/mol. The Morgan fingerprint density at radius 1 is 1.00 bits per heavy atom. The van der Waals surface area contributed by atoms with Crippen LogP contribution in [0.2, 0.25) is 0 Å². The van der Waals surface area contributed by atoms with Crippen molar-refractivity contribution in [1.82, 2.24) is 9.88 Å². The molecule has 0 aliphatic rings. The van der Waals surface area contributed by atoms with E-state index in [1.807, 2.05) is 52.8 Å². The third kappa shape index (κ3) is 4.15. The van der Waals surface area contributed by atoms with Gasteiger partial charge in [-0.05, 0) is 65.7 Å². The number of hydrogen-bond donors (Lipinski definition) is 2. The van der Waals surface area contributed by atoms with Gasteiger partial charge in [-0.25, -0.2) is 0 Å². The van der Waals surface area contributed by atoms with Crippen molar-refractivity contribution in [1.29, 1.82) is 0 Å². The lowest BCUT2D eigenvalue weighted by Gasteiger charge is -2.14. The standard InChI is InChI=1S/C21H29N3O2/c1-12(2)24-16(6)10-18(17(24)7)21(26)22-11-19(25)23-20-14(4)8-13(3)9-15(20)5/h8-10,12H,11H2,1-7H3,(H,22,26)(H,23,25). The fraction of sp³-hybridized carbons (Fsp3) is 0.429. The second-order valence-electron chi connectivity index (χ2n) is 7.25. The Labute approximate surface area is 155 Å². The van der Waals surface area contributed by atoms with Crippen molar-refractivity contribution in [3.8, 4) is 0 Å². The SMILES string of the molecule is Cc1cc(C)c(NC(=O)CNC(=O)c2cc(C)n(C(C)C)c2C)c(C)c1. The molecule has 0 atom stereocenters. The van der Waals surface area contributed by atoms with Gasteiger partial charge in [0.2, 0.25) is 5.91 Å². The van der Waals surface area contributed by atoms with Crippen molar-refractivity contribution in [3.05, 3.63) is 51.8 Å². The molecular weight excluding hydrogens is 326 g/mol. The zero-order chi connectivity index (χ0) is 19.6. The van der Waals surface area contributed by atoms with Crippen LogP contribution in [0.5, 0.6) is 0 Å². The summed E-state index contributed by atoms with van der Waals surface area (Å²) in [6.07, 6.45) is 0. The zero-order valence-corrected chi connectivity index (χ0v) is 16.8. The Hall–Kier alpha value is -2.56. The van der Waals surface area contributed by atoms with Gasteiger partial charge in [0.25, 0.3) is 5.91 Å². The zero-order valence-electron chi connectivity index (χ0n) is 16.8. The van der Waals surface area contributed by atoms with Crippen molar-refractivity contribution in [2.75, 3.05) is 11.9 Å². The highest BCUT2D eigenvalue weighted by atomic mass is 16.2. The molecule has 0 saturated heterocycles. The van der Waals surface area contributed by atoms with E-state index < -0.39 is 0 Å². The molecule has 0 saturated carbocycles. The lowest BCUT2D eigenvalue weighted by molar-refractivity contribution is -0.115. The van der Waals surface area contributed by atoms with Crippen molar-refractivity contribution < 1.29 is 9.59 Å². The minimum atomic E-state index is -0.230. The van der Waals surface area contributed by atoms with E-state index in [-0.39, 0.29) is 24.4 Å². The van der Waals surface area contributed by atoms with Gasteiger partial charge in [0.05, 0.1) is 12.1 Å². The topological polar surface area (TPSA) is 63.1 Å². The molecule has 0 fully saturated rings. The van der Waals surface area contributed by atoms with Gasteiger partial charge in [0.15, 0.2) is 0 Å². The number of hydrogen-bond acceptors (Lipinski definition) is 2. The lowest BCUT2D eigenvalue weighted by Crippen LogP contribution is -2.33. The average molecular weight is 355 g/mol. The maximum Gasteiger partial charge on any atom is 0.253 e. The molecule has 1 heterocycles. The summed E-state index contributed by atoms with van der Waals surface area (Å²) < 4.78 is 2.12. The van der Waals surface area contributed by atoms with Crippen LogP contribution in [0.25, 0.3) is 0 Å². The molecule has 26 heavy (non-hydrogen) atoms. The second-order valence-corrected chi connectivity index (χ2v) is 7.25. The van der Waals surface area contributed by atoms with Gasteiger partial charge in [-0.1, -0.05) is 17.7 Å². The summed E-state index contributed by atoms with van der Waals surface area (Å²) in [4.78, 5) is 24.8. The first-order valence-electron chi connectivity index (χ1n) is 8.96. The highest BCUT2D eigenvalue weighted by Gasteiger charge is 2.18. The number of carbonyl (C=O) groups excluding carboxylic acids is 2. The van der Waals surface area contributed by atoms with Crippen LogP contribution in [-0.4, -0.2) is 22.9 Å². The van der Waals surface area contributed by atoms with E-state index in [0.717, 1.165) is 33.8 Å². The largest absolute Gasteiger partial charge is 0.346 e. The third-order valence-electron chi connectivity index (χ3n) is 4.60. The van der Waals surface area contributed by atoms with Crippen LogP contribution in [0.4, 0.5) is 5.69 Å². The molecule has 2 rings (SSSR count). The maximum atomic E-state index is 12.5. The molecule has 5 heteroatoms. The summed E-state index contributed by atoms with van der Waals surface area (Å²) in [6.45, 7) is 14.0. The first-order chi connectivity index (χ1) is 12.1. The maximum absolute atomic E-state index is 12.5. The Morgan fingerprint density at radius 3 is 2.08 bits per heavy atom. The molecule has 2 aromatic rings. The summed E-state index contributed by atoms with van der Waals surface area (Å²) in [5.74, 6) is -0.455. The number of benzene rings is 1. The first kappa shape index (κ1) is 19.8. The fourth-order valence-corrected chi connectivity index (χ4v) is 3.62. The molecular formula is C21H29N3O2. The second kappa shape index (κ2) is 7.77. The van der Waals surface area contributed by atoms with Gasteiger partial charge in [-0.15, -0.1) is 0 Å². The fourth-order valence-electron chi connectivity index (χ4n) is 3.62. The summed E-state index contributed by atoms with van der Waals surface area (Å²) in [5, 5.41) is 5.63. The van der Waals surface area contributed by atoms with E-state index in [0.29, 0.717) is 5.56 Å². The van der Waals surface area contributed by atoms with Crippen LogP contribution in [0.15, 0.2) is 18.2 Å². The van der Waals surface area contributed by atoms with Gasteiger partial charge in [-0.2, -0.15) is 0 Å². The third-order valence-corrected chi connectivity index (χ3v) is 4.60. The van der Waals surface area contributed by atoms with Crippen molar-refractivity contribution in [3.63, 3.8) is 0 Å². The molecule has 0 radical (unpaired) electrons. The molecule has 0 bridgehead atoms. The predicted octanol–water partition coefficient (Wildman–Crippen LogP) is 3.98. The Morgan fingerprint density at radius 2 is 1.58 bits per heavy atom. The normalized spacial score (nSPS) is 10.9. The molecule has 1 aromatic carbocycles. The van der Waals surface area contributed by atoms with Gasteiger partial charge < -0.3 is 15.2 Å². The number of nitrogens with zero attached hydrogens (tertiary/aromatic N) is 1. The summed E-state index contributed by atoms with van der Waals surface area (Å²) in [5.41, 5.74) is 6.58. The highest BCUT2D eigenvalue weighted by Crippen LogP contribution is 2.22. The van der Waals surface area contributed by atoms with E-state index >= 15 is 0 Å². The average Bonchev–Trinajstić information content (AvgIpc) is 2.83. The van der Waals surface area contributed by atoms with Crippen LogP contribution < -0.4 is 10.6 Å². The molecule has 0 unspecified atom stereocenters. The molecule has 2 N–H and O–H groups in total. The van der Waals surface area contributed by atoms with Crippen molar-refractivity contribution >= 4 is 17.5 Å². The number of rotatable bonds is 5. The minimum Gasteiger partial charge on any atom is -0.346 e. The number of aromatic nitrogens is 1. The number of anilines is 1. The van der Waals surface area contributed by atoms with Crippen LogP contribution in [-0.2, 0) is 4.79 Å². The number of nitrogens with one attached hydrogen (secondary N) is 2. The van der Waals surface area contributed by atoms with Crippen molar-refractivity contribution in [2.45, 2.75) is 54.5 Å². The van der Waals surface area contributed by atoms with Gasteiger partial charge in [0, 0.05) is 23.1 Å². The van der Waals surface area contributed by atoms with Crippen molar-refractivity contribution in [2.24, 2.45) is 0 Å². The van der Waals surface area contributed by atoms with Gasteiger partial charge in [0.1, 0.15) is 0 Å². The summed E-state index contributed by atoms with van der Waals surface area (Å²) >= 11 is 0. The van der Waals surface area contributed by atoms with E-state index in [9.17, 15) is 9.59 Å². The molecule has 0 aliphatic heterocycles. The van der Waals surface area contributed by atoms with Crippen LogP contribution in [0.3, 0.4) is 0 Å². The van der Waals surface area contributed by atoms with E-state index in [1.54, 1.807) is 0 Å². The highest BCUT2D eigenvalue weighted by molar-refractivity contribution is 6.00. The molecule has 5 nitrogen and oxygen atoms in total. The van der Waals surface area contributed by atoms with Gasteiger partial charge in [-0.3, -0.25) is 9.59 Å². The van der Waals surface area contributed by atoms with Crippen LogP contribution >= 0.6 is 0 Å². The first-order valence-corrected chi connectivity index (χ1v) is 8.96. The summed E-state index contributed by atoms with van der Waals surface area (Å²) in [6, 6.07) is 6.22. The van der Waals surface area contributed by atoms with Crippen LogP contribution in [0.1, 0.15) is 58.3 Å². The molecule has 0 spiro atoms. The Balaban J connectivity index is 2.04. The quantitative estimate of drug-likeness (QED) is 0.852. The summed E-state index contributed by atoms with van der Waals surface area (Å²) in [7, 11) is 0. The number of amides is 2.